The summed E-state index contributed by atoms with van der Waals surface area (Å²) in [6, 6.07) is 8.52. The zero-order chi connectivity index (χ0) is 9.10. The van der Waals surface area contributed by atoms with Crippen molar-refractivity contribution in [3.63, 3.8) is 0 Å². The quantitative estimate of drug-likeness (QED) is 0.557. The molecule has 1 aromatic carbocycles. The molecule has 0 radical (unpaired) electrons. The van der Waals surface area contributed by atoms with Crippen LogP contribution < -0.4 is 10.4 Å². The van der Waals surface area contributed by atoms with Gasteiger partial charge in [-0.1, -0.05) is 55.5 Å². The van der Waals surface area contributed by atoms with Crippen LogP contribution in [0.25, 0.3) is 12.2 Å². The molecule has 0 saturated heterocycles. The molecule has 1 unspecified atom stereocenters. The van der Waals surface area contributed by atoms with E-state index in [1.165, 1.54) is 10.4 Å². The summed E-state index contributed by atoms with van der Waals surface area (Å²) >= 11 is 0. The predicted molar refractivity (Wildman–Crippen MR) is 57.5 cm³/mol. The fourth-order valence-corrected chi connectivity index (χ4v) is 1.59. The maximum absolute atomic E-state index is 2.32. The van der Waals surface area contributed by atoms with Crippen molar-refractivity contribution >= 4 is 12.2 Å². The molecule has 0 heteroatoms. The molecule has 0 bridgehead atoms. The molecule has 13 heavy (non-hydrogen) atoms. The van der Waals surface area contributed by atoms with Crippen LogP contribution in [0.3, 0.4) is 0 Å². The summed E-state index contributed by atoms with van der Waals surface area (Å²) in [6.45, 7) is 2.24. The summed E-state index contributed by atoms with van der Waals surface area (Å²) in [5.41, 5.74) is 0. The Bertz CT molecular complexity index is 424. The topological polar surface area (TPSA) is 0 Å². The number of fused-ring (bicyclic) bond motifs is 1. The number of hydrogen-bond acceptors (Lipinski definition) is 0. The van der Waals surface area contributed by atoms with Crippen LogP contribution >= 0.6 is 0 Å². The van der Waals surface area contributed by atoms with Crippen molar-refractivity contribution in [1.29, 1.82) is 0 Å². The first-order valence-electron chi connectivity index (χ1n) is 4.80. The van der Waals surface area contributed by atoms with E-state index in [1.807, 2.05) is 0 Å². The Hall–Kier alpha value is -1.30. The molecule has 0 amide bonds. The number of benzene rings is 1. The third-order valence-corrected chi connectivity index (χ3v) is 2.42. The van der Waals surface area contributed by atoms with Gasteiger partial charge in [-0.15, -0.1) is 0 Å². The second-order valence-corrected chi connectivity index (χ2v) is 3.60. The molecular weight excluding hydrogens is 156 g/mol. The molecule has 0 fully saturated rings. The second kappa shape index (κ2) is 3.61. The van der Waals surface area contributed by atoms with E-state index in [1.54, 1.807) is 0 Å². The summed E-state index contributed by atoms with van der Waals surface area (Å²) in [4.78, 5) is 0. The minimum Gasteiger partial charge on any atom is -0.0814 e. The molecule has 0 aliphatic heterocycles. The normalized spacial score (nSPS) is 28.2. The summed E-state index contributed by atoms with van der Waals surface area (Å²) in [5.74, 6) is 0.657. The van der Waals surface area contributed by atoms with Gasteiger partial charge >= 0.3 is 0 Å². The lowest BCUT2D eigenvalue weighted by molar-refractivity contribution is 0.765. The number of rotatable bonds is 0. The van der Waals surface area contributed by atoms with Crippen molar-refractivity contribution in [3.05, 3.63) is 46.9 Å². The molecule has 1 aromatic rings. The highest BCUT2D eigenvalue weighted by atomic mass is 14.0. The highest BCUT2D eigenvalue weighted by molar-refractivity contribution is 5.41. The average Bonchev–Trinajstić information content (AvgIpc) is 2.13. The van der Waals surface area contributed by atoms with Crippen LogP contribution in [0.2, 0.25) is 0 Å². The van der Waals surface area contributed by atoms with E-state index in [4.69, 9.17) is 0 Å². The van der Waals surface area contributed by atoms with Gasteiger partial charge in [-0.25, -0.2) is 0 Å². The summed E-state index contributed by atoms with van der Waals surface area (Å²) in [6.07, 6.45) is 10.1. The monoisotopic (exact) mass is 170 g/mol. The lowest BCUT2D eigenvalue weighted by Gasteiger charge is -2.02. The molecule has 66 valence electrons. The van der Waals surface area contributed by atoms with Crippen LogP contribution in [0.5, 0.6) is 0 Å². The SMILES string of the molecule is CC1\C=C/C=c2/cccc/c2=C\C1. The van der Waals surface area contributed by atoms with Gasteiger partial charge in [0, 0.05) is 0 Å². The van der Waals surface area contributed by atoms with Crippen LogP contribution in [0.1, 0.15) is 13.3 Å². The fraction of sp³-hybridized carbons (Fsp3) is 0.231. The van der Waals surface area contributed by atoms with Crippen LogP contribution in [-0.4, -0.2) is 0 Å². The van der Waals surface area contributed by atoms with E-state index >= 15 is 0 Å². The molecule has 2 rings (SSSR count). The van der Waals surface area contributed by atoms with Crippen molar-refractivity contribution in [3.8, 4) is 0 Å². The fourth-order valence-electron chi connectivity index (χ4n) is 1.59. The van der Waals surface area contributed by atoms with E-state index in [9.17, 15) is 0 Å². The van der Waals surface area contributed by atoms with Gasteiger partial charge in [-0.05, 0) is 22.8 Å². The lowest BCUT2D eigenvalue weighted by atomic mass is 10.0. The van der Waals surface area contributed by atoms with Crippen molar-refractivity contribution in [2.75, 3.05) is 0 Å². The van der Waals surface area contributed by atoms with Gasteiger partial charge in [0.1, 0.15) is 0 Å². The molecule has 0 aromatic heterocycles. The van der Waals surface area contributed by atoms with Gasteiger partial charge in [0.2, 0.25) is 0 Å². The van der Waals surface area contributed by atoms with Gasteiger partial charge < -0.3 is 0 Å². The van der Waals surface area contributed by atoms with Crippen molar-refractivity contribution in [2.45, 2.75) is 13.3 Å². The zero-order valence-electron chi connectivity index (χ0n) is 7.90. The van der Waals surface area contributed by atoms with Crippen LogP contribution in [-0.2, 0) is 0 Å². The lowest BCUT2D eigenvalue weighted by Crippen LogP contribution is -2.24. The maximum Gasteiger partial charge on any atom is -0.0187 e. The Kier molecular flexibility index (Phi) is 2.31. The zero-order valence-corrected chi connectivity index (χ0v) is 7.90. The maximum atomic E-state index is 2.32. The standard InChI is InChI=1S/C13H14/c1-11-5-4-8-12-6-2-3-7-13(12)10-9-11/h2-8,10-11H,9H2,1H3/b5-4-,12-8-,13-10+. The first kappa shape index (κ1) is 8.31. The van der Waals surface area contributed by atoms with Gasteiger partial charge in [-0.3, -0.25) is 0 Å². The van der Waals surface area contributed by atoms with E-state index < -0.39 is 0 Å². The highest BCUT2D eigenvalue weighted by Gasteiger charge is 1.94. The molecule has 1 atom stereocenters. The molecule has 0 N–H and O–H groups in total. The average molecular weight is 170 g/mol. The van der Waals surface area contributed by atoms with Gasteiger partial charge in [0.15, 0.2) is 0 Å². The van der Waals surface area contributed by atoms with Gasteiger partial charge in [0.05, 0.1) is 0 Å². The Morgan fingerprint density at radius 2 is 1.92 bits per heavy atom. The Morgan fingerprint density at radius 1 is 1.15 bits per heavy atom. The first-order valence-corrected chi connectivity index (χ1v) is 4.80. The number of hydrogen-bond donors (Lipinski definition) is 0. The van der Waals surface area contributed by atoms with Gasteiger partial charge in [0.25, 0.3) is 0 Å². The van der Waals surface area contributed by atoms with Crippen LogP contribution in [0.15, 0.2) is 36.4 Å². The number of allylic oxidation sites excluding steroid dienone is 2. The minimum absolute atomic E-state index is 0.657. The highest BCUT2D eigenvalue weighted by Crippen LogP contribution is 2.04. The molecule has 0 saturated carbocycles. The molecule has 1 aliphatic carbocycles. The Labute approximate surface area is 78.9 Å². The van der Waals surface area contributed by atoms with Crippen molar-refractivity contribution < 1.29 is 0 Å². The molecule has 0 nitrogen and oxygen atoms in total. The van der Waals surface area contributed by atoms with Gasteiger partial charge in [-0.2, -0.15) is 0 Å². The predicted octanol–water partition coefficient (Wildman–Crippen LogP) is 1.84. The van der Waals surface area contributed by atoms with E-state index in [0.29, 0.717) is 5.92 Å². The van der Waals surface area contributed by atoms with Crippen molar-refractivity contribution in [1.82, 2.24) is 0 Å². The van der Waals surface area contributed by atoms with Crippen LogP contribution in [0.4, 0.5) is 0 Å². The molecule has 1 aliphatic rings. The summed E-state index contributed by atoms with van der Waals surface area (Å²) in [5, 5.41) is 2.68. The third-order valence-electron chi connectivity index (χ3n) is 2.42. The molecule has 0 spiro atoms. The molecular formula is C13H14. The second-order valence-electron chi connectivity index (χ2n) is 3.60. The van der Waals surface area contributed by atoms with Crippen molar-refractivity contribution in [2.24, 2.45) is 5.92 Å². The van der Waals surface area contributed by atoms with E-state index in [-0.39, 0.29) is 0 Å². The summed E-state index contributed by atoms with van der Waals surface area (Å²) < 4.78 is 0. The Balaban J connectivity index is 2.62. The van der Waals surface area contributed by atoms with Crippen LogP contribution in [0, 0.1) is 5.92 Å². The van der Waals surface area contributed by atoms with E-state index in [0.717, 1.165) is 6.42 Å². The third kappa shape index (κ3) is 1.89. The Morgan fingerprint density at radius 3 is 2.77 bits per heavy atom. The summed E-state index contributed by atoms with van der Waals surface area (Å²) in [7, 11) is 0. The minimum atomic E-state index is 0.657. The first-order chi connectivity index (χ1) is 6.36. The smallest absolute Gasteiger partial charge is 0.0187 e. The van der Waals surface area contributed by atoms with E-state index in [2.05, 4.69) is 55.5 Å². The largest absolute Gasteiger partial charge is 0.0814 e. The molecule has 0 heterocycles.